The summed E-state index contributed by atoms with van der Waals surface area (Å²) in [5, 5.41) is 12.7. The number of nitrogens with one attached hydrogen (secondary N) is 1. The molecule has 0 aliphatic heterocycles. The van der Waals surface area contributed by atoms with E-state index in [1.54, 1.807) is 18.2 Å². The lowest BCUT2D eigenvalue weighted by molar-refractivity contribution is -0.222. The molecule has 0 spiro atoms. The Hall–Kier alpha value is -2.40. The van der Waals surface area contributed by atoms with E-state index in [9.17, 15) is 14.7 Å². The smallest absolute Gasteiger partial charge is 0.335 e. The predicted molar refractivity (Wildman–Crippen MR) is 189 cm³/mol. The number of hydrogen-bond acceptors (Lipinski definition) is 3. The molecule has 4 saturated carbocycles. The van der Waals surface area contributed by atoms with Crippen molar-refractivity contribution in [2.75, 3.05) is 6.54 Å². The molecule has 0 aromatic heterocycles. The van der Waals surface area contributed by atoms with Gasteiger partial charge in [0.1, 0.15) is 0 Å². The summed E-state index contributed by atoms with van der Waals surface area (Å²) in [4.78, 5) is 25.4. The van der Waals surface area contributed by atoms with Crippen molar-refractivity contribution in [3.05, 3.63) is 54.1 Å². The topological polar surface area (TPSA) is 92.4 Å². The Kier molecular flexibility index (Phi) is 9.06. The summed E-state index contributed by atoms with van der Waals surface area (Å²) >= 11 is 0. The third kappa shape index (κ3) is 5.31. The Morgan fingerprint density at radius 2 is 1.59 bits per heavy atom. The highest BCUT2D eigenvalue weighted by Crippen LogP contribution is 2.77. The van der Waals surface area contributed by atoms with E-state index in [1.165, 1.54) is 49.7 Å². The van der Waals surface area contributed by atoms with Crippen molar-refractivity contribution in [1.82, 2.24) is 5.32 Å². The minimum Gasteiger partial charge on any atom is -0.478 e. The van der Waals surface area contributed by atoms with Gasteiger partial charge in [0.05, 0.1) is 11.0 Å². The van der Waals surface area contributed by atoms with E-state index in [0.29, 0.717) is 35.8 Å². The number of allylic oxidation sites excluding steroid dienone is 3. The number of carbonyl (C=O) groups excluding carboxylic acids is 1. The van der Waals surface area contributed by atoms with Crippen molar-refractivity contribution in [2.45, 2.75) is 125 Å². The Morgan fingerprint density at radius 3 is 2.20 bits per heavy atom. The van der Waals surface area contributed by atoms with Gasteiger partial charge < -0.3 is 16.2 Å². The van der Waals surface area contributed by atoms with Gasteiger partial charge in [0, 0.05) is 12.1 Å². The zero-order chi connectivity index (χ0) is 33.9. The molecule has 0 heterocycles. The SMILES string of the molecule is C=CC.CC(C)(N)CNC(=O)C12CCCC1C1CCC3C4(C)CC=C(c5ccc(C(=O)O)cc5)C(C)(C)C4CCC3(C)[C@]1(C)CC2. The molecular weight excluding hydrogens is 568 g/mol. The van der Waals surface area contributed by atoms with Crippen LogP contribution in [0.4, 0.5) is 0 Å². The number of hydrogen-bond donors (Lipinski definition) is 3. The number of carboxylic acid groups (broad SMARTS) is 1. The minimum absolute atomic E-state index is 0.0128. The highest BCUT2D eigenvalue weighted by Gasteiger charge is 2.70. The maximum Gasteiger partial charge on any atom is 0.335 e. The van der Waals surface area contributed by atoms with Gasteiger partial charge >= 0.3 is 5.97 Å². The number of nitrogens with two attached hydrogens (primary N) is 1. The molecule has 5 aliphatic rings. The van der Waals surface area contributed by atoms with E-state index in [-0.39, 0.29) is 33.0 Å². The summed E-state index contributed by atoms with van der Waals surface area (Å²) in [6.45, 7) is 22.6. The number of rotatable bonds is 5. The van der Waals surface area contributed by atoms with Crippen molar-refractivity contribution in [2.24, 2.45) is 56.5 Å². The van der Waals surface area contributed by atoms with Gasteiger partial charge in [0.2, 0.25) is 5.91 Å². The van der Waals surface area contributed by atoms with Crippen LogP contribution >= 0.6 is 0 Å². The molecule has 4 N–H and O–H groups in total. The van der Waals surface area contributed by atoms with Crippen LogP contribution in [0.15, 0.2) is 43.0 Å². The van der Waals surface area contributed by atoms with Crippen LogP contribution in [-0.4, -0.2) is 29.1 Å². The summed E-state index contributed by atoms with van der Waals surface area (Å²) in [7, 11) is 0. The van der Waals surface area contributed by atoms with Crippen LogP contribution in [-0.2, 0) is 4.79 Å². The van der Waals surface area contributed by atoms with Gasteiger partial charge in [-0.15, -0.1) is 6.58 Å². The van der Waals surface area contributed by atoms with Crippen LogP contribution in [0.1, 0.15) is 136 Å². The second-order valence-electron chi connectivity index (χ2n) is 17.8. The maximum absolute atomic E-state index is 13.9. The average Bonchev–Trinajstić information content (AvgIpc) is 3.42. The molecule has 6 rings (SSSR count). The minimum atomic E-state index is -0.871. The number of carboxylic acids is 1. The first kappa shape index (κ1) is 34.9. The van der Waals surface area contributed by atoms with Crippen LogP contribution in [0, 0.1) is 50.7 Å². The first-order valence-electron chi connectivity index (χ1n) is 18.1. The van der Waals surface area contributed by atoms with Gasteiger partial charge in [0.15, 0.2) is 0 Å². The van der Waals surface area contributed by atoms with Crippen molar-refractivity contribution >= 4 is 17.4 Å². The lowest BCUT2D eigenvalue weighted by Gasteiger charge is -2.72. The third-order valence-corrected chi connectivity index (χ3v) is 14.5. The quantitative estimate of drug-likeness (QED) is 0.283. The molecule has 4 fully saturated rings. The van der Waals surface area contributed by atoms with Gasteiger partial charge in [-0.2, -0.15) is 0 Å². The summed E-state index contributed by atoms with van der Waals surface area (Å²) in [5.41, 5.74) is 9.31. The molecule has 5 heteroatoms. The predicted octanol–water partition coefficient (Wildman–Crippen LogP) is 9.28. The van der Waals surface area contributed by atoms with Crippen molar-refractivity contribution in [1.29, 1.82) is 0 Å². The summed E-state index contributed by atoms with van der Waals surface area (Å²) < 4.78 is 0. The van der Waals surface area contributed by atoms with Gasteiger partial charge in [-0.25, -0.2) is 4.79 Å². The molecule has 0 radical (unpaired) electrons. The molecule has 5 aliphatic carbocycles. The molecule has 0 bridgehead atoms. The molecule has 7 unspecified atom stereocenters. The molecule has 0 saturated heterocycles. The summed E-state index contributed by atoms with van der Waals surface area (Å²) in [6, 6.07) is 7.54. The zero-order valence-electron chi connectivity index (χ0n) is 30.1. The Bertz CT molecular complexity index is 1370. The first-order valence-corrected chi connectivity index (χ1v) is 18.1. The Balaban J connectivity index is 0.00000134. The molecule has 254 valence electrons. The van der Waals surface area contributed by atoms with E-state index in [2.05, 4.69) is 52.6 Å². The van der Waals surface area contributed by atoms with E-state index in [1.807, 2.05) is 32.9 Å². The molecule has 8 atom stereocenters. The fraction of sp³-hybridized carbons (Fsp3) is 0.707. The average molecular weight is 631 g/mol. The van der Waals surface area contributed by atoms with Gasteiger partial charge in [-0.1, -0.05) is 65.3 Å². The van der Waals surface area contributed by atoms with Gasteiger partial charge in [-0.3, -0.25) is 4.79 Å². The van der Waals surface area contributed by atoms with Crippen molar-refractivity contribution in [3.63, 3.8) is 0 Å². The van der Waals surface area contributed by atoms with Gasteiger partial charge in [0.25, 0.3) is 0 Å². The molecule has 46 heavy (non-hydrogen) atoms. The Labute approximate surface area is 279 Å². The van der Waals surface area contributed by atoms with Crippen LogP contribution in [0.3, 0.4) is 0 Å². The largest absolute Gasteiger partial charge is 0.478 e. The van der Waals surface area contributed by atoms with Crippen molar-refractivity contribution < 1.29 is 14.7 Å². The lowest BCUT2D eigenvalue weighted by atomic mass is 9.32. The van der Waals surface area contributed by atoms with Crippen LogP contribution < -0.4 is 11.1 Å². The van der Waals surface area contributed by atoms with Crippen molar-refractivity contribution in [3.8, 4) is 0 Å². The lowest BCUT2D eigenvalue weighted by Crippen LogP contribution is -2.66. The number of carbonyl (C=O) groups is 2. The van der Waals surface area contributed by atoms with E-state index >= 15 is 0 Å². The zero-order valence-corrected chi connectivity index (χ0v) is 30.1. The maximum atomic E-state index is 13.9. The van der Waals surface area contributed by atoms with Crippen LogP contribution in [0.25, 0.3) is 5.57 Å². The standard InChI is InChI=1S/C38H56N2O3.C3H6/c1-33(2,39)23-40-32(43)38-18-8-9-28(38)27-14-15-30-35(5)19-16-26(24-10-12-25(13-11-24)31(41)42)34(3,4)29(35)17-20-37(30,7)36(27,6)21-22-38;1-3-2/h10-13,16,27-30H,8-9,14-15,17-23,39H2,1-7H3,(H,40,43)(H,41,42);3H,1H2,2H3/t27?,28?,29?,30?,35?,36-,37?,38?;/m1./s1. The number of fused-ring (bicyclic) bond motifs is 7. The second-order valence-corrected chi connectivity index (χ2v) is 17.8. The second kappa shape index (κ2) is 11.9. The molecule has 1 aromatic carbocycles. The Morgan fingerprint density at radius 1 is 0.935 bits per heavy atom. The number of amides is 1. The summed E-state index contributed by atoms with van der Waals surface area (Å²) in [6.07, 6.45) is 15.9. The molecular formula is C41H62N2O3. The van der Waals surface area contributed by atoms with Crippen LogP contribution in [0.5, 0.6) is 0 Å². The van der Waals surface area contributed by atoms with Crippen LogP contribution in [0.2, 0.25) is 0 Å². The fourth-order valence-corrected chi connectivity index (χ4v) is 12.3. The first-order chi connectivity index (χ1) is 21.4. The third-order valence-electron chi connectivity index (χ3n) is 14.5. The number of benzene rings is 1. The number of aromatic carboxylic acids is 1. The molecule has 1 amide bonds. The normalized spacial score (nSPS) is 39.2. The van der Waals surface area contributed by atoms with Gasteiger partial charge in [-0.05, 0) is 147 Å². The monoisotopic (exact) mass is 630 g/mol. The van der Waals surface area contributed by atoms with E-state index in [4.69, 9.17) is 5.73 Å². The molecule has 1 aromatic rings. The molecule has 5 nitrogen and oxygen atoms in total. The summed E-state index contributed by atoms with van der Waals surface area (Å²) in [5.74, 6) is 1.74. The van der Waals surface area contributed by atoms with E-state index in [0.717, 1.165) is 25.7 Å². The fourth-order valence-electron chi connectivity index (χ4n) is 12.3. The highest BCUT2D eigenvalue weighted by atomic mass is 16.4. The van der Waals surface area contributed by atoms with E-state index < -0.39 is 11.5 Å². The highest BCUT2D eigenvalue weighted by molar-refractivity contribution is 5.88.